The molecule has 0 aromatic rings. The molecule has 0 aliphatic heterocycles. The second kappa shape index (κ2) is 11.3. The number of hydrogen-bond acceptors (Lipinski definition) is 2. The maximum atomic E-state index is 12.9. The van der Waals surface area contributed by atoms with Crippen molar-refractivity contribution >= 4 is 5.97 Å². The predicted octanol–water partition coefficient (Wildman–Crippen LogP) is 7.90. The average Bonchev–Trinajstić information content (AvgIpc) is 2.56. The number of carbonyl (C=O) groups excluding carboxylic acids is 1. The molecule has 1 unspecified atom stereocenters. The van der Waals surface area contributed by atoms with Crippen LogP contribution in [-0.4, -0.2) is 12.1 Å². The number of ether oxygens (including phenoxy) is 1. The first-order chi connectivity index (χ1) is 11.8. The van der Waals surface area contributed by atoms with E-state index in [1.54, 1.807) is 0 Å². The summed E-state index contributed by atoms with van der Waals surface area (Å²) >= 11 is 0. The van der Waals surface area contributed by atoms with Crippen molar-refractivity contribution in [3.8, 4) is 0 Å². The van der Waals surface area contributed by atoms with Gasteiger partial charge in [0.2, 0.25) is 0 Å². The summed E-state index contributed by atoms with van der Waals surface area (Å²) in [6, 6.07) is 0. The summed E-state index contributed by atoms with van der Waals surface area (Å²) in [4.78, 5) is 12.9. The standard InChI is InChI=1S/C20H38O2.2C2H6/c1-14(2)20(9,19(6,7)8)17(21)22-16-12-10-15(11-13-16)18(3,4)5;2*1-2/h14-16H,10-13H2,1-9H3;2*1-2H3. The zero-order valence-corrected chi connectivity index (χ0v) is 20.4. The molecule has 2 heteroatoms. The van der Waals surface area contributed by atoms with Crippen LogP contribution in [0.5, 0.6) is 0 Å². The van der Waals surface area contributed by atoms with Gasteiger partial charge >= 0.3 is 5.97 Å². The Kier molecular flexibility index (Phi) is 12.1. The highest BCUT2D eigenvalue weighted by molar-refractivity contribution is 5.78. The van der Waals surface area contributed by atoms with Crippen molar-refractivity contribution in [2.75, 3.05) is 0 Å². The highest BCUT2D eigenvalue weighted by Gasteiger charge is 2.48. The Labute approximate surface area is 165 Å². The maximum Gasteiger partial charge on any atom is 0.312 e. The van der Waals surface area contributed by atoms with Crippen LogP contribution in [0.15, 0.2) is 0 Å². The highest BCUT2D eigenvalue weighted by Crippen LogP contribution is 2.46. The van der Waals surface area contributed by atoms with Crippen LogP contribution in [0.3, 0.4) is 0 Å². The van der Waals surface area contributed by atoms with E-state index in [0.717, 1.165) is 18.8 Å². The Morgan fingerprint density at radius 3 is 1.46 bits per heavy atom. The fraction of sp³-hybridized carbons (Fsp3) is 0.958. The normalized spacial score (nSPS) is 23.0. The third-order valence-corrected chi connectivity index (χ3v) is 6.31. The Balaban J connectivity index is 0. The van der Waals surface area contributed by atoms with E-state index in [1.807, 2.05) is 27.7 Å². The van der Waals surface area contributed by atoms with Gasteiger partial charge in [-0.1, -0.05) is 83.1 Å². The zero-order valence-electron chi connectivity index (χ0n) is 20.4. The molecule has 158 valence electrons. The average molecular weight is 371 g/mol. The third-order valence-electron chi connectivity index (χ3n) is 6.31. The van der Waals surface area contributed by atoms with Crippen LogP contribution in [0.2, 0.25) is 0 Å². The molecular weight excluding hydrogens is 320 g/mol. The minimum atomic E-state index is -0.437. The number of esters is 1. The van der Waals surface area contributed by atoms with Crippen LogP contribution >= 0.6 is 0 Å². The molecule has 26 heavy (non-hydrogen) atoms. The molecular formula is C24H50O2. The number of hydrogen-bond donors (Lipinski definition) is 0. The van der Waals surface area contributed by atoms with Gasteiger partial charge in [0.15, 0.2) is 0 Å². The predicted molar refractivity (Wildman–Crippen MR) is 116 cm³/mol. The van der Waals surface area contributed by atoms with Gasteiger partial charge in [-0.2, -0.15) is 0 Å². The molecule has 0 aromatic heterocycles. The van der Waals surface area contributed by atoms with Crippen LogP contribution in [0.25, 0.3) is 0 Å². The van der Waals surface area contributed by atoms with E-state index in [9.17, 15) is 4.79 Å². The van der Waals surface area contributed by atoms with Crippen molar-refractivity contribution in [3.63, 3.8) is 0 Å². The van der Waals surface area contributed by atoms with Crippen LogP contribution in [0.4, 0.5) is 0 Å². The summed E-state index contributed by atoms with van der Waals surface area (Å²) < 4.78 is 5.97. The molecule has 0 bridgehead atoms. The van der Waals surface area contributed by atoms with Gasteiger partial charge in [-0.15, -0.1) is 0 Å². The Hall–Kier alpha value is -0.530. The van der Waals surface area contributed by atoms with E-state index in [-0.39, 0.29) is 23.4 Å². The molecule has 1 rings (SSSR count). The van der Waals surface area contributed by atoms with E-state index >= 15 is 0 Å². The molecule has 2 nitrogen and oxygen atoms in total. The molecule has 0 spiro atoms. The van der Waals surface area contributed by atoms with Crippen molar-refractivity contribution in [2.24, 2.45) is 28.1 Å². The van der Waals surface area contributed by atoms with E-state index in [4.69, 9.17) is 4.74 Å². The van der Waals surface area contributed by atoms with E-state index in [1.165, 1.54) is 12.8 Å². The minimum absolute atomic E-state index is 0.00536. The molecule has 0 amide bonds. The number of carbonyl (C=O) groups is 1. The van der Waals surface area contributed by atoms with Crippen molar-refractivity contribution in [3.05, 3.63) is 0 Å². The molecule has 1 aliphatic carbocycles. The summed E-state index contributed by atoms with van der Waals surface area (Å²) in [5, 5.41) is 0. The molecule has 1 saturated carbocycles. The minimum Gasteiger partial charge on any atom is -0.462 e. The van der Waals surface area contributed by atoms with Gasteiger partial charge < -0.3 is 4.74 Å². The Morgan fingerprint density at radius 2 is 1.19 bits per heavy atom. The topological polar surface area (TPSA) is 26.3 Å². The molecule has 1 atom stereocenters. The Bertz CT molecular complexity index is 376. The fourth-order valence-corrected chi connectivity index (χ4v) is 3.73. The van der Waals surface area contributed by atoms with Gasteiger partial charge in [0.05, 0.1) is 5.41 Å². The summed E-state index contributed by atoms with van der Waals surface area (Å²) in [5.41, 5.74) is -0.165. The quantitative estimate of drug-likeness (QED) is 0.472. The SMILES string of the molecule is CC.CC.CC(C)C(C)(C(=O)OC1CCC(C(C)(C)C)CC1)C(C)(C)C. The van der Waals surface area contributed by atoms with E-state index in [2.05, 4.69) is 62.3 Å². The second-order valence-electron chi connectivity index (χ2n) is 9.85. The van der Waals surface area contributed by atoms with Crippen molar-refractivity contribution < 1.29 is 9.53 Å². The molecule has 0 N–H and O–H groups in total. The second-order valence-corrected chi connectivity index (χ2v) is 9.85. The maximum absolute atomic E-state index is 12.9. The first-order valence-corrected chi connectivity index (χ1v) is 11.0. The lowest BCUT2D eigenvalue weighted by Gasteiger charge is -2.44. The summed E-state index contributed by atoms with van der Waals surface area (Å²) in [6.07, 6.45) is 4.51. The van der Waals surface area contributed by atoms with E-state index < -0.39 is 5.41 Å². The summed E-state index contributed by atoms with van der Waals surface area (Å²) in [5.74, 6) is 1.02. The molecule has 1 fully saturated rings. The lowest BCUT2D eigenvalue weighted by atomic mass is 9.61. The van der Waals surface area contributed by atoms with Gasteiger partial charge in [0.1, 0.15) is 6.10 Å². The molecule has 0 saturated heterocycles. The van der Waals surface area contributed by atoms with Crippen molar-refractivity contribution in [2.45, 2.75) is 122 Å². The number of rotatable bonds is 3. The summed E-state index contributed by atoms with van der Waals surface area (Å²) in [7, 11) is 0. The van der Waals surface area contributed by atoms with Gasteiger partial charge in [0, 0.05) is 0 Å². The molecule has 0 radical (unpaired) electrons. The van der Waals surface area contributed by atoms with Crippen LogP contribution in [-0.2, 0) is 9.53 Å². The van der Waals surface area contributed by atoms with Gasteiger partial charge in [0.25, 0.3) is 0 Å². The van der Waals surface area contributed by atoms with E-state index in [0.29, 0.717) is 5.41 Å². The van der Waals surface area contributed by atoms with Gasteiger partial charge in [-0.05, 0) is 55.3 Å². The van der Waals surface area contributed by atoms with Crippen molar-refractivity contribution in [1.29, 1.82) is 0 Å². The summed E-state index contributed by atoms with van der Waals surface area (Å²) in [6.45, 7) is 27.7. The van der Waals surface area contributed by atoms with Crippen LogP contribution < -0.4 is 0 Å². The van der Waals surface area contributed by atoms with Gasteiger partial charge in [-0.3, -0.25) is 4.79 Å². The fourth-order valence-electron chi connectivity index (χ4n) is 3.73. The third kappa shape index (κ3) is 7.24. The highest BCUT2D eigenvalue weighted by atomic mass is 16.5. The monoisotopic (exact) mass is 370 g/mol. The zero-order chi connectivity index (χ0) is 21.3. The van der Waals surface area contributed by atoms with Crippen LogP contribution in [0, 0.1) is 28.1 Å². The largest absolute Gasteiger partial charge is 0.462 e. The molecule has 0 aromatic carbocycles. The first-order valence-electron chi connectivity index (χ1n) is 11.0. The lowest BCUT2D eigenvalue weighted by Crippen LogP contribution is -2.47. The lowest BCUT2D eigenvalue weighted by molar-refractivity contribution is -0.174. The van der Waals surface area contributed by atoms with Crippen LogP contribution in [0.1, 0.15) is 116 Å². The van der Waals surface area contributed by atoms with Gasteiger partial charge in [-0.25, -0.2) is 0 Å². The Morgan fingerprint density at radius 1 is 0.808 bits per heavy atom. The first kappa shape index (κ1) is 27.7. The van der Waals surface area contributed by atoms with Crippen molar-refractivity contribution in [1.82, 2.24) is 0 Å². The molecule has 1 aliphatic rings. The molecule has 0 heterocycles. The smallest absolute Gasteiger partial charge is 0.312 e.